The lowest BCUT2D eigenvalue weighted by Crippen LogP contribution is -2.60. The average molecular weight is 873 g/mol. The number of alkyl halides is 8. The third-order valence-electron chi connectivity index (χ3n) is 10.9. The summed E-state index contributed by atoms with van der Waals surface area (Å²) in [7, 11) is 2.09. The van der Waals surface area contributed by atoms with Crippen LogP contribution >= 0.6 is 23.2 Å². The summed E-state index contributed by atoms with van der Waals surface area (Å²) in [5, 5.41) is 10.4. The molecule has 4 amide bonds. The van der Waals surface area contributed by atoms with E-state index in [-0.39, 0.29) is 45.7 Å². The molecule has 3 fully saturated rings. The number of hydrogen-bond donors (Lipinski definition) is 1. The van der Waals surface area contributed by atoms with Gasteiger partial charge in [-0.25, -0.2) is 31.8 Å². The average Bonchev–Trinajstić information content (AvgIpc) is 3.50. The summed E-state index contributed by atoms with van der Waals surface area (Å²) in [6.45, 7) is 0. The van der Waals surface area contributed by atoms with E-state index in [1.54, 1.807) is 0 Å². The Balaban J connectivity index is 1.46. The van der Waals surface area contributed by atoms with Gasteiger partial charge in [0.2, 0.25) is 17.6 Å². The van der Waals surface area contributed by atoms with E-state index < -0.39 is 144 Å². The number of phenolic OH excluding ortho intramolecular Hbond substituents is 1. The van der Waals surface area contributed by atoms with E-state index in [4.69, 9.17) is 32.7 Å². The van der Waals surface area contributed by atoms with Gasteiger partial charge in [-0.15, -0.1) is 23.2 Å². The Morgan fingerprint density at radius 1 is 0.707 bits per heavy atom. The molecule has 22 heteroatoms. The molecule has 2 aliphatic heterocycles. The number of benzene rings is 3. The van der Waals surface area contributed by atoms with Crippen molar-refractivity contribution in [3.8, 4) is 17.2 Å². The van der Waals surface area contributed by atoms with Crippen LogP contribution in [0.15, 0.2) is 42.0 Å². The van der Waals surface area contributed by atoms with Gasteiger partial charge in [-0.2, -0.15) is 26.3 Å². The van der Waals surface area contributed by atoms with Crippen LogP contribution < -0.4 is 19.3 Å². The minimum Gasteiger partial charge on any atom is -0.508 e. The number of rotatable bonds is 5. The van der Waals surface area contributed by atoms with Crippen molar-refractivity contribution in [1.82, 2.24) is 0 Å². The fourth-order valence-electron chi connectivity index (χ4n) is 8.42. The molecule has 7 rings (SSSR count). The molecule has 3 aromatic rings. The molecule has 3 aromatic carbocycles. The Bertz CT molecular complexity index is 2320. The topological polar surface area (TPSA) is 113 Å². The van der Waals surface area contributed by atoms with Gasteiger partial charge in [-0.3, -0.25) is 19.2 Å². The van der Waals surface area contributed by atoms with Crippen molar-refractivity contribution in [2.75, 3.05) is 24.0 Å². The molecule has 58 heavy (non-hydrogen) atoms. The van der Waals surface area contributed by atoms with Gasteiger partial charge in [0.25, 0.3) is 11.8 Å². The second kappa shape index (κ2) is 13.2. The molecule has 9 nitrogen and oxygen atoms in total. The summed E-state index contributed by atoms with van der Waals surface area (Å²) in [5.74, 6) is -27.8. The molecule has 2 heterocycles. The Morgan fingerprint density at radius 2 is 1.21 bits per heavy atom. The van der Waals surface area contributed by atoms with Gasteiger partial charge in [0.15, 0.2) is 33.0 Å². The van der Waals surface area contributed by atoms with Crippen LogP contribution in [0.4, 0.5) is 59.7 Å². The number of nitrogens with zero attached hydrogens (tertiary/aromatic N) is 2. The number of phenols is 1. The van der Waals surface area contributed by atoms with E-state index in [0.717, 1.165) is 26.4 Å². The number of hydrogen-bond acceptors (Lipinski definition) is 7. The quantitative estimate of drug-likeness (QED) is 0.0693. The molecule has 2 aliphatic carbocycles. The third-order valence-corrected chi connectivity index (χ3v) is 12.3. The number of carbonyl (C=O) groups excluding carboxylic acids is 4. The first-order valence-electron chi connectivity index (χ1n) is 16.5. The molecular weight excluding hydrogens is 852 g/mol. The molecule has 4 aliphatic rings. The molecule has 0 radical (unpaired) electrons. The van der Waals surface area contributed by atoms with Crippen LogP contribution in [-0.2, 0) is 31.5 Å². The highest BCUT2D eigenvalue weighted by Crippen LogP contribution is 2.68. The Hall–Kier alpha value is -5.11. The number of aromatic hydroxyl groups is 1. The number of imide groups is 2. The number of anilines is 2. The summed E-state index contributed by atoms with van der Waals surface area (Å²) in [5.41, 5.74) is -7.46. The highest BCUT2D eigenvalue weighted by atomic mass is 35.5. The fourth-order valence-corrected chi connectivity index (χ4v) is 9.33. The van der Waals surface area contributed by atoms with E-state index in [1.807, 2.05) is 0 Å². The molecular formula is C36H21Cl2F11N2O7. The molecule has 6 atom stereocenters. The lowest BCUT2D eigenvalue weighted by molar-refractivity contribution is -0.143. The maximum Gasteiger partial charge on any atom is 0.416 e. The molecule has 0 aromatic heterocycles. The van der Waals surface area contributed by atoms with Crippen molar-refractivity contribution >= 4 is 58.2 Å². The van der Waals surface area contributed by atoms with Crippen LogP contribution in [0.25, 0.3) is 0 Å². The van der Waals surface area contributed by atoms with Gasteiger partial charge in [-0.1, -0.05) is 11.6 Å². The van der Waals surface area contributed by atoms with Crippen LogP contribution in [-0.4, -0.2) is 52.7 Å². The second-order valence-corrected chi connectivity index (χ2v) is 15.0. The van der Waals surface area contributed by atoms with Crippen molar-refractivity contribution < 1.29 is 82.1 Å². The smallest absolute Gasteiger partial charge is 0.416 e. The number of fused-ring (bicyclic) bond motifs is 4. The fraction of sp³-hybridized carbons (Fsp3) is 0.333. The number of methoxy groups -OCH3 is 2. The maximum absolute atomic E-state index is 15.3. The van der Waals surface area contributed by atoms with Crippen molar-refractivity contribution in [2.45, 2.75) is 40.9 Å². The van der Waals surface area contributed by atoms with Crippen LogP contribution in [0.2, 0.25) is 0 Å². The minimum absolute atomic E-state index is 0.0968. The zero-order valence-corrected chi connectivity index (χ0v) is 30.4. The Kier molecular flexibility index (Phi) is 9.35. The largest absolute Gasteiger partial charge is 0.508 e. The zero-order chi connectivity index (χ0) is 42.9. The molecule has 6 unspecified atom stereocenters. The number of allylic oxidation sites excluding steroid dienone is 2. The third kappa shape index (κ3) is 5.49. The summed E-state index contributed by atoms with van der Waals surface area (Å²) in [4.78, 5) is 50.7. The SMILES string of the molecule is COc1cc(O)cc(OC)c1C1C2=CCC3C(=O)N(c4cc(C(F)(F)F)cc(C(F)(F)F)c4)C(=O)C3C2CC2(Cl)C(=O)N(c3c(F)c(F)c(F)c(F)c3F)C(=O)C12Cl. The van der Waals surface area contributed by atoms with Crippen molar-refractivity contribution in [1.29, 1.82) is 0 Å². The van der Waals surface area contributed by atoms with Gasteiger partial charge in [0, 0.05) is 23.6 Å². The Labute approximate surface area is 327 Å². The number of amides is 4. The van der Waals surface area contributed by atoms with Gasteiger partial charge in [0.05, 0.1) is 42.9 Å². The van der Waals surface area contributed by atoms with Crippen molar-refractivity contribution in [2.24, 2.45) is 17.8 Å². The van der Waals surface area contributed by atoms with Crippen molar-refractivity contribution in [3.63, 3.8) is 0 Å². The molecule has 308 valence electrons. The molecule has 0 bridgehead atoms. The highest BCUT2D eigenvalue weighted by Gasteiger charge is 2.77. The summed E-state index contributed by atoms with van der Waals surface area (Å²) >= 11 is 14.2. The van der Waals surface area contributed by atoms with E-state index in [0.29, 0.717) is 0 Å². The molecule has 0 spiro atoms. The van der Waals surface area contributed by atoms with Crippen LogP contribution in [0, 0.1) is 46.8 Å². The number of ether oxygens (including phenoxy) is 2. The first kappa shape index (κ1) is 41.1. The minimum atomic E-state index is -5.40. The van der Waals surface area contributed by atoms with Crippen molar-refractivity contribution in [3.05, 3.63) is 87.8 Å². The monoisotopic (exact) mass is 872 g/mol. The second-order valence-electron chi connectivity index (χ2n) is 13.7. The van der Waals surface area contributed by atoms with Gasteiger partial charge < -0.3 is 14.6 Å². The van der Waals surface area contributed by atoms with Crippen LogP contribution in [0.3, 0.4) is 0 Å². The maximum atomic E-state index is 15.3. The van der Waals surface area contributed by atoms with E-state index in [9.17, 15) is 63.8 Å². The lowest BCUT2D eigenvalue weighted by atomic mass is 9.56. The lowest BCUT2D eigenvalue weighted by Gasteiger charge is -2.51. The van der Waals surface area contributed by atoms with Gasteiger partial charge in [0.1, 0.15) is 22.9 Å². The predicted octanol–water partition coefficient (Wildman–Crippen LogP) is 7.91. The van der Waals surface area contributed by atoms with Gasteiger partial charge in [-0.05, 0) is 37.0 Å². The first-order chi connectivity index (χ1) is 26.9. The normalized spacial score (nSPS) is 27.1. The molecule has 1 saturated carbocycles. The van der Waals surface area contributed by atoms with Gasteiger partial charge >= 0.3 is 12.4 Å². The van der Waals surface area contributed by atoms with Crippen LogP contribution in [0.5, 0.6) is 17.2 Å². The zero-order valence-electron chi connectivity index (χ0n) is 28.9. The highest BCUT2D eigenvalue weighted by molar-refractivity contribution is 6.58. The Morgan fingerprint density at radius 3 is 1.69 bits per heavy atom. The van der Waals surface area contributed by atoms with E-state index >= 15 is 8.78 Å². The molecule has 1 N–H and O–H groups in total. The van der Waals surface area contributed by atoms with E-state index in [1.165, 1.54) is 6.08 Å². The summed E-state index contributed by atoms with van der Waals surface area (Å²) < 4.78 is 168. The number of halogens is 13. The first-order valence-corrected chi connectivity index (χ1v) is 17.2. The molecule has 2 saturated heterocycles. The summed E-state index contributed by atoms with van der Waals surface area (Å²) in [6, 6.07) is 1.94. The van der Waals surface area contributed by atoms with E-state index in [2.05, 4.69) is 0 Å². The predicted molar refractivity (Wildman–Crippen MR) is 177 cm³/mol. The number of carbonyl (C=O) groups is 4. The van der Waals surface area contributed by atoms with Crippen LogP contribution in [0.1, 0.15) is 35.4 Å². The standard InChI is InChI=1S/C36H21Cl2F11N2O7/c1-57-18-8-14(52)9-19(58-2)21(18)22-15-3-4-16-20(30(54)50(29(16)53)13-6-11(35(44,45)46)5-12(7-13)36(47,48)49)17(15)10-33(37)31(55)51(32(56)34(22,33)38)28-26(42)24(40)23(39)25(41)27(28)43/h3,5-9,16-17,20,22,52H,4,10H2,1-2H3. The summed E-state index contributed by atoms with van der Waals surface area (Å²) in [6.07, 6.45) is -11.2.